The Hall–Kier alpha value is -3.98. The van der Waals surface area contributed by atoms with Gasteiger partial charge in [-0.15, -0.1) is 0 Å². The van der Waals surface area contributed by atoms with Crippen LogP contribution in [0.3, 0.4) is 0 Å². The normalized spacial score (nSPS) is 15.3. The fourth-order valence-corrected chi connectivity index (χ4v) is 5.84. The Kier molecular flexibility index (Phi) is 6.68. The van der Waals surface area contributed by atoms with E-state index in [0.29, 0.717) is 29.1 Å². The summed E-state index contributed by atoms with van der Waals surface area (Å²) in [5.74, 6) is 2.91. The molecular formula is C29H30N6O2S. The molecule has 1 aliphatic carbocycles. The average Bonchev–Trinajstić information content (AvgIpc) is 3.73. The smallest absolute Gasteiger partial charge is 0.247 e. The van der Waals surface area contributed by atoms with E-state index in [0.717, 1.165) is 41.5 Å². The molecule has 1 amide bonds. The monoisotopic (exact) mass is 526 g/mol. The third-order valence-electron chi connectivity index (χ3n) is 6.97. The SMILES string of the molecule is C=CC(=O)Nc1cc(Nc2nccc(-c3cn(C4CC4)c4ccccc34)n2)c(OC)cc1N1CCSCC1. The van der Waals surface area contributed by atoms with Gasteiger partial charge in [-0.05, 0) is 37.1 Å². The Morgan fingerprint density at radius 2 is 1.97 bits per heavy atom. The van der Waals surface area contributed by atoms with Gasteiger partial charge in [-0.3, -0.25) is 4.79 Å². The van der Waals surface area contributed by atoms with Crippen LogP contribution < -0.4 is 20.3 Å². The first-order chi connectivity index (χ1) is 18.6. The number of anilines is 4. The Balaban J connectivity index is 1.36. The number of hydrogen-bond donors (Lipinski definition) is 2. The van der Waals surface area contributed by atoms with Crippen LogP contribution in [-0.4, -0.2) is 52.1 Å². The van der Waals surface area contributed by atoms with Gasteiger partial charge in [0.1, 0.15) is 5.75 Å². The van der Waals surface area contributed by atoms with Gasteiger partial charge in [0.2, 0.25) is 11.9 Å². The highest BCUT2D eigenvalue weighted by Crippen LogP contribution is 2.42. The van der Waals surface area contributed by atoms with E-state index < -0.39 is 0 Å². The van der Waals surface area contributed by atoms with E-state index in [9.17, 15) is 4.79 Å². The van der Waals surface area contributed by atoms with Crippen molar-refractivity contribution < 1.29 is 9.53 Å². The maximum Gasteiger partial charge on any atom is 0.247 e. The first-order valence-electron chi connectivity index (χ1n) is 12.8. The summed E-state index contributed by atoms with van der Waals surface area (Å²) in [6.07, 6.45) is 7.68. The number of carbonyl (C=O) groups excluding carboxylic acids is 1. The minimum atomic E-state index is -0.265. The van der Waals surface area contributed by atoms with Crippen LogP contribution >= 0.6 is 11.8 Å². The Labute approximate surface area is 226 Å². The number of hydrogen-bond acceptors (Lipinski definition) is 7. The summed E-state index contributed by atoms with van der Waals surface area (Å²) < 4.78 is 8.13. The molecule has 2 aromatic carbocycles. The number of benzene rings is 2. The lowest BCUT2D eigenvalue weighted by atomic mass is 10.1. The molecule has 38 heavy (non-hydrogen) atoms. The molecular weight excluding hydrogens is 496 g/mol. The lowest BCUT2D eigenvalue weighted by Gasteiger charge is -2.31. The third kappa shape index (κ3) is 4.81. The molecule has 194 valence electrons. The summed E-state index contributed by atoms with van der Waals surface area (Å²) in [6.45, 7) is 5.41. The summed E-state index contributed by atoms with van der Waals surface area (Å²) in [6, 6.07) is 14.8. The average molecular weight is 527 g/mol. The molecule has 4 aromatic rings. The Bertz CT molecular complexity index is 1510. The van der Waals surface area contributed by atoms with Crippen LogP contribution in [0.15, 0.2) is 67.5 Å². The summed E-state index contributed by atoms with van der Waals surface area (Å²) in [7, 11) is 1.64. The number of nitrogens with zero attached hydrogens (tertiary/aromatic N) is 4. The van der Waals surface area contributed by atoms with Crippen LogP contribution in [0.4, 0.5) is 23.0 Å². The molecule has 0 atom stereocenters. The van der Waals surface area contributed by atoms with Crippen molar-refractivity contribution in [3.63, 3.8) is 0 Å². The van der Waals surface area contributed by atoms with E-state index >= 15 is 0 Å². The first kappa shape index (κ1) is 24.4. The maximum atomic E-state index is 12.3. The molecule has 1 saturated heterocycles. The fraction of sp³-hybridized carbons (Fsp3) is 0.276. The molecule has 2 aliphatic rings. The topological polar surface area (TPSA) is 84.3 Å². The number of thioether (sulfide) groups is 1. The number of nitrogens with one attached hydrogen (secondary N) is 2. The van der Waals surface area contributed by atoms with Gasteiger partial charge in [0.15, 0.2) is 0 Å². The second-order valence-corrected chi connectivity index (χ2v) is 10.7. The van der Waals surface area contributed by atoms with Crippen molar-refractivity contribution in [3.05, 3.63) is 67.5 Å². The van der Waals surface area contributed by atoms with E-state index in [4.69, 9.17) is 9.72 Å². The Morgan fingerprint density at radius 3 is 2.74 bits per heavy atom. The predicted molar refractivity (Wildman–Crippen MR) is 156 cm³/mol. The zero-order chi connectivity index (χ0) is 26.1. The second-order valence-electron chi connectivity index (χ2n) is 9.45. The standard InChI is InChI=1S/C29H30N6O2S/c1-3-28(36)31-23-16-24(27(37-2)17-26(23)34-12-14-38-15-13-34)33-29-30-11-10-22(32-29)21-18-35(19-8-9-19)25-7-5-4-6-20(21)25/h3-7,10-11,16-19H,1,8-9,12-15H2,2H3,(H,31,36)(H,30,32,33). The minimum absolute atomic E-state index is 0.265. The molecule has 2 N–H and O–H groups in total. The number of fused-ring (bicyclic) bond motifs is 1. The largest absolute Gasteiger partial charge is 0.494 e. The fourth-order valence-electron chi connectivity index (χ4n) is 4.94. The second kappa shape index (κ2) is 10.4. The first-order valence-corrected chi connectivity index (χ1v) is 14.0. The van der Waals surface area contributed by atoms with Crippen molar-refractivity contribution in [2.75, 3.05) is 47.2 Å². The molecule has 2 aromatic heterocycles. The molecule has 0 unspecified atom stereocenters. The number of ether oxygens (including phenoxy) is 1. The van der Waals surface area contributed by atoms with E-state index in [-0.39, 0.29) is 5.91 Å². The highest BCUT2D eigenvalue weighted by Gasteiger charge is 2.26. The van der Waals surface area contributed by atoms with Crippen LogP contribution in [0.25, 0.3) is 22.2 Å². The van der Waals surface area contributed by atoms with Crippen LogP contribution in [0.2, 0.25) is 0 Å². The summed E-state index contributed by atoms with van der Waals surface area (Å²) in [4.78, 5) is 23.9. The lowest BCUT2D eigenvalue weighted by Crippen LogP contribution is -2.33. The number of rotatable bonds is 8. The van der Waals surface area contributed by atoms with E-state index in [1.54, 1.807) is 13.3 Å². The number of amides is 1. The van der Waals surface area contributed by atoms with Gasteiger partial charge in [-0.2, -0.15) is 11.8 Å². The quantitative estimate of drug-likeness (QED) is 0.278. The molecule has 1 aliphatic heterocycles. The van der Waals surface area contributed by atoms with Crippen LogP contribution in [0.1, 0.15) is 18.9 Å². The van der Waals surface area contributed by atoms with E-state index in [2.05, 4.69) is 62.1 Å². The van der Waals surface area contributed by atoms with Gasteiger partial charge in [0, 0.05) is 65.6 Å². The number of carbonyl (C=O) groups is 1. The maximum absolute atomic E-state index is 12.3. The summed E-state index contributed by atoms with van der Waals surface area (Å²) >= 11 is 1.93. The molecule has 2 fully saturated rings. The lowest BCUT2D eigenvalue weighted by molar-refractivity contribution is -0.111. The van der Waals surface area contributed by atoms with Crippen molar-refractivity contribution >= 4 is 51.6 Å². The van der Waals surface area contributed by atoms with Crippen LogP contribution in [0, 0.1) is 0 Å². The van der Waals surface area contributed by atoms with Crippen LogP contribution in [-0.2, 0) is 4.79 Å². The predicted octanol–water partition coefficient (Wildman–Crippen LogP) is 5.86. The Morgan fingerprint density at radius 1 is 1.16 bits per heavy atom. The summed E-state index contributed by atoms with van der Waals surface area (Å²) in [5.41, 5.74) is 5.44. The highest BCUT2D eigenvalue weighted by atomic mass is 32.2. The number of aromatic nitrogens is 3. The van der Waals surface area contributed by atoms with E-state index in [1.807, 2.05) is 30.0 Å². The minimum Gasteiger partial charge on any atom is -0.494 e. The number of para-hydroxylation sites is 1. The van der Waals surface area contributed by atoms with Crippen molar-refractivity contribution in [3.8, 4) is 17.0 Å². The van der Waals surface area contributed by atoms with Crippen molar-refractivity contribution in [1.29, 1.82) is 0 Å². The van der Waals surface area contributed by atoms with E-state index in [1.165, 1.54) is 29.8 Å². The number of methoxy groups -OCH3 is 1. The molecule has 0 spiro atoms. The molecule has 9 heteroatoms. The highest BCUT2D eigenvalue weighted by molar-refractivity contribution is 7.99. The van der Waals surface area contributed by atoms with Gasteiger partial charge >= 0.3 is 0 Å². The third-order valence-corrected chi connectivity index (χ3v) is 7.91. The van der Waals surface area contributed by atoms with Gasteiger partial charge < -0.3 is 24.8 Å². The van der Waals surface area contributed by atoms with Gasteiger partial charge in [-0.1, -0.05) is 24.8 Å². The van der Waals surface area contributed by atoms with Gasteiger partial charge in [0.25, 0.3) is 0 Å². The zero-order valence-electron chi connectivity index (χ0n) is 21.3. The molecule has 8 nitrogen and oxygen atoms in total. The van der Waals surface area contributed by atoms with Crippen molar-refractivity contribution in [1.82, 2.24) is 14.5 Å². The zero-order valence-corrected chi connectivity index (χ0v) is 22.1. The van der Waals surface area contributed by atoms with Crippen molar-refractivity contribution in [2.45, 2.75) is 18.9 Å². The van der Waals surface area contributed by atoms with Gasteiger partial charge in [-0.25, -0.2) is 9.97 Å². The molecule has 0 bridgehead atoms. The molecule has 0 radical (unpaired) electrons. The molecule has 1 saturated carbocycles. The van der Waals surface area contributed by atoms with Gasteiger partial charge in [0.05, 0.1) is 29.9 Å². The molecule has 6 rings (SSSR count). The van der Waals surface area contributed by atoms with Crippen LogP contribution in [0.5, 0.6) is 5.75 Å². The molecule has 3 heterocycles. The summed E-state index contributed by atoms with van der Waals surface area (Å²) in [5, 5.41) is 7.48. The van der Waals surface area contributed by atoms with Crippen molar-refractivity contribution in [2.24, 2.45) is 0 Å².